The van der Waals surface area contributed by atoms with Crippen LogP contribution in [0, 0.1) is 5.82 Å². The molecule has 0 unspecified atom stereocenters. The average molecular weight is 342 g/mol. The summed E-state index contributed by atoms with van der Waals surface area (Å²) in [5.74, 6) is -1.52. The topological polar surface area (TPSA) is 63.4 Å². The highest BCUT2D eigenvalue weighted by Crippen LogP contribution is 2.28. The van der Waals surface area contributed by atoms with Crippen LogP contribution in [0.4, 0.5) is 4.39 Å². The SMILES string of the molecule is CN(C(=O)c1cc2ccccc2s1)[C@@H](C(N)=O)c1cccc(F)c1. The van der Waals surface area contributed by atoms with Gasteiger partial charge in [-0.15, -0.1) is 11.3 Å². The van der Waals surface area contributed by atoms with E-state index in [9.17, 15) is 14.0 Å². The molecule has 1 atom stereocenters. The van der Waals surface area contributed by atoms with Crippen molar-refractivity contribution in [2.75, 3.05) is 7.05 Å². The molecule has 2 amide bonds. The Morgan fingerprint density at radius 2 is 1.88 bits per heavy atom. The average Bonchev–Trinajstić information content (AvgIpc) is 2.98. The summed E-state index contributed by atoms with van der Waals surface area (Å²) in [6.07, 6.45) is 0. The van der Waals surface area contributed by atoms with Crippen LogP contribution in [0.3, 0.4) is 0 Å². The monoisotopic (exact) mass is 342 g/mol. The van der Waals surface area contributed by atoms with E-state index in [0.29, 0.717) is 10.4 Å². The van der Waals surface area contributed by atoms with Crippen molar-refractivity contribution >= 4 is 33.2 Å². The normalized spacial score (nSPS) is 12.1. The molecule has 0 radical (unpaired) electrons. The molecule has 1 aromatic heterocycles. The van der Waals surface area contributed by atoms with Gasteiger partial charge in [-0.3, -0.25) is 9.59 Å². The molecule has 0 fully saturated rings. The molecule has 3 rings (SSSR count). The van der Waals surface area contributed by atoms with Gasteiger partial charge in [-0.1, -0.05) is 30.3 Å². The number of hydrogen-bond donors (Lipinski definition) is 1. The van der Waals surface area contributed by atoms with Gasteiger partial charge in [0.05, 0.1) is 4.88 Å². The number of thiophene rings is 1. The number of likely N-dealkylation sites (N-methyl/N-ethyl adjacent to an activating group) is 1. The molecule has 0 aliphatic carbocycles. The van der Waals surface area contributed by atoms with Gasteiger partial charge >= 0.3 is 0 Å². The van der Waals surface area contributed by atoms with Crippen molar-refractivity contribution in [3.05, 3.63) is 70.9 Å². The van der Waals surface area contributed by atoms with Crippen molar-refractivity contribution in [2.45, 2.75) is 6.04 Å². The van der Waals surface area contributed by atoms with E-state index in [1.165, 1.54) is 41.5 Å². The zero-order valence-electron chi connectivity index (χ0n) is 12.9. The van der Waals surface area contributed by atoms with E-state index in [4.69, 9.17) is 5.73 Å². The quantitative estimate of drug-likeness (QED) is 0.790. The molecule has 0 saturated carbocycles. The number of hydrogen-bond acceptors (Lipinski definition) is 3. The summed E-state index contributed by atoms with van der Waals surface area (Å²) in [4.78, 5) is 26.4. The predicted octanol–water partition coefficient (Wildman–Crippen LogP) is 3.34. The van der Waals surface area contributed by atoms with Crippen LogP contribution in [0.5, 0.6) is 0 Å². The van der Waals surface area contributed by atoms with E-state index in [1.54, 1.807) is 12.1 Å². The number of carbonyl (C=O) groups is 2. The van der Waals surface area contributed by atoms with Gasteiger partial charge in [0, 0.05) is 11.7 Å². The number of amides is 2. The van der Waals surface area contributed by atoms with Crippen LogP contribution in [0.15, 0.2) is 54.6 Å². The van der Waals surface area contributed by atoms with Gasteiger partial charge < -0.3 is 10.6 Å². The van der Waals surface area contributed by atoms with Crippen molar-refractivity contribution in [1.29, 1.82) is 0 Å². The predicted molar refractivity (Wildman–Crippen MR) is 92.3 cm³/mol. The van der Waals surface area contributed by atoms with E-state index in [1.807, 2.05) is 24.3 Å². The van der Waals surface area contributed by atoms with Crippen LogP contribution < -0.4 is 5.73 Å². The Kier molecular flexibility index (Phi) is 4.31. The summed E-state index contributed by atoms with van der Waals surface area (Å²) in [6, 6.07) is 13.9. The zero-order valence-corrected chi connectivity index (χ0v) is 13.7. The Morgan fingerprint density at radius 3 is 2.54 bits per heavy atom. The van der Waals surface area contributed by atoms with E-state index >= 15 is 0 Å². The first-order valence-corrected chi connectivity index (χ1v) is 8.09. The number of nitrogens with two attached hydrogens (primary N) is 1. The van der Waals surface area contributed by atoms with Crippen LogP contribution in [0.25, 0.3) is 10.1 Å². The van der Waals surface area contributed by atoms with Crippen LogP contribution >= 0.6 is 11.3 Å². The Hall–Kier alpha value is -2.73. The molecule has 6 heteroatoms. The highest BCUT2D eigenvalue weighted by atomic mass is 32.1. The third kappa shape index (κ3) is 3.00. The number of benzene rings is 2. The van der Waals surface area contributed by atoms with Crippen molar-refractivity contribution in [3.8, 4) is 0 Å². The van der Waals surface area contributed by atoms with Gasteiger partial charge in [0.15, 0.2) is 0 Å². The summed E-state index contributed by atoms with van der Waals surface area (Å²) in [6.45, 7) is 0. The standard InChI is InChI=1S/C18H15FN2O2S/c1-21(16(17(20)22)12-6-4-7-13(19)9-12)18(23)15-10-11-5-2-3-8-14(11)24-15/h2-10,16H,1H3,(H2,20,22)/t16-/m1/s1. The van der Waals surface area contributed by atoms with Gasteiger partial charge in [0.2, 0.25) is 5.91 Å². The second-order valence-corrected chi connectivity index (χ2v) is 6.51. The third-order valence-corrected chi connectivity index (χ3v) is 4.88. The fraction of sp³-hybridized carbons (Fsp3) is 0.111. The van der Waals surface area contributed by atoms with E-state index in [2.05, 4.69) is 0 Å². The first kappa shape index (κ1) is 16.1. The maximum Gasteiger partial charge on any atom is 0.264 e. The molecule has 0 bridgehead atoms. The van der Waals surface area contributed by atoms with Crippen molar-refractivity contribution in [1.82, 2.24) is 4.90 Å². The molecule has 0 saturated heterocycles. The summed E-state index contributed by atoms with van der Waals surface area (Å²) in [5, 5.41) is 0.959. The molecular weight excluding hydrogens is 327 g/mol. The van der Waals surface area contributed by atoms with Crippen LogP contribution in [0.2, 0.25) is 0 Å². The van der Waals surface area contributed by atoms with Crippen LogP contribution in [-0.2, 0) is 4.79 Å². The fourth-order valence-electron chi connectivity index (χ4n) is 2.63. The number of halogens is 1. The molecule has 2 aromatic carbocycles. The number of nitrogens with zero attached hydrogens (tertiary/aromatic N) is 1. The largest absolute Gasteiger partial charge is 0.368 e. The second-order valence-electron chi connectivity index (χ2n) is 5.42. The van der Waals surface area contributed by atoms with Crippen molar-refractivity contribution in [2.24, 2.45) is 5.73 Å². The molecule has 2 N–H and O–H groups in total. The van der Waals surface area contributed by atoms with Crippen LogP contribution in [-0.4, -0.2) is 23.8 Å². The molecule has 3 aromatic rings. The molecule has 1 heterocycles. The van der Waals surface area contributed by atoms with Crippen LogP contribution in [0.1, 0.15) is 21.3 Å². The maximum absolute atomic E-state index is 13.5. The smallest absolute Gasteiger partial charge is 0.264 e. The highest BCUT2D eigenvalue weighted by Gasteiger charge is 2.28. The molecule has 24 heavy (non-hydrogen) atoms. The Bertz CT molecular complexity index is 889. The summed E-state index contributed by atoms with van der Waals surface area (Å²) >= 11 is 1.34. The van der Waals surface area contributed by atoms with Gasteiger partial charge in [0.25, 0.3) is 5.91 Å². The number of primary amides is 1. The zero-order chi connectivity index (χ0) is 17.3. The van der Waals surface area contributed by atoms with E-state index in [-0.39, 0.29) is 5.91 Å². The molecule has 4 nitrogen and oxygen atoms in total. The molecule has 0 spiro atoms. The first-order valence-electron chi connectivity index (χ1n) is 7.28. The lowest BCUT2D eigenvalue weighted by molar-refractivity contribution is -0.122. The van der Waals surface area contributed by atoms with Gasteiger partial charge in [0.1, 0.15) is 11.9 Å². The lowest BCUT2D eigenvalue weighted by Crippen LogP contribution is -2.38. The minimum absolute atomic E-state index is 0.329. The minimum atomic E-state index is -1.03. The lowest BCUT2D eigenvalue weighted by atomic mass is 10.0. The van der Waals surface area contributed by atoms with E-state index < -0.39 is 17.8 Å². The summed E-state index contributed by atoms with van der Waals surface area (Å²) < 4.78 is 14.4. The maximum atomic E-state index is 13.5. The second kappa shape index (κ2) is 6.41. The number of fused-ring (bicyclic) bond motifs is 1. The van der Waals surface area contributed by atoms with Gasteiger partial charge in [-0.25, -0.2) is 4.39 Å². The number of carbonyl (C=O) groups excluding carboxylic acids is 2. The molecule has 122 valence electrons. The molecule has 0 aliphatic heterocycles. The third-order valence-electron chi connectivity index (χ3n) is 3.78. The van der Waals surface area contributed by atoms with E-state index in [0.717, 1.165) is 10.1 Å². The Balaban J connectivity index is 1.96. The molecule has 0 aliphatic rings. The lowest BCUT2D eigenvalue weighted by Gasteiger charge is -2.25. The molecular formula is C18H15FN2O2S. The number of rotatable bonds is 4. The Morgan fingerprint density at radius 1 is 1.12 bits per heavy atom. The highest BCUT2D eigenvalue weighted by molar-refractivity contribution is 7.20. The van der Waals surface area contributed by atoms with Crippen molar-refractivity contribution < 1.29 is 14.0 Å². The van der Waals surface area contributed by atoms with Gasteiger partial charge in [-0.05, 0) is 35.2 Å². The Labute approximate surface area is 142 Å². The summed E-state index contributed by atoms with van der Waals surface area (Å²) in [5.41, 5.74) is 5.81. The minimum Gasteiger partial charge on any atom is -0.368 e. The van der Waals surface area contributed by atoms with Gasteiger partial charge in [-0.2, -0.15) is 0 Å². The first-order chi connectivity index (χ1) is 11.5. The van der Waals surface area contributed by atoms with Crippen molar-refractivity contribution in [3.63, 3.8) is 0 Å². The fourth-order valence-corrected chi connectivity index (χ4v) is 3.68. The summed E-state index contributed by atoms with van der Waals surface area (Å²) in [7, 11) is 1.49.